The van der Waals surface area contributed by atoms with Gasteiger partial charge < -0.3 is 19.5 Å². The Kier molecular flexibility index (Phi) is 9.24. The molecule has 2 rings (SSSR count). The van der Waals surface area contributed by atoms with Crippen LogP contribution in [0.25, 0.3) is 0 Å². The average Bonchev–Trinajstić information content (AvgIpc) is 2.98. The number of ether oxygens (including phenoxy) is 1. The summed E-state index contributed by atoms with van der Waals surface area (Å²) in [4.78, 5) is 10.5. The predicted molar refractivity (Wildman–Crippen MR) is 104 cm³/mol. The lowest BCUT2D eigenvalue weighted by molar-refractivity contribution is -0.0498. The topological polar surface area (TPSA) is 75.8 Å². The van der Waals surface area contributed by atoms with Gasteiger partial charge in [0.15, 0.2) is 11.8 Å². The molecule has 7 nitrogen and oxygen atoms in total. The van der Waals surface area contributed by atoms with Gasteiger partial charge in [-0.1, -0.05) is 17.3 Å². The third-order valence-electron chi connectivity index (χ3n) is 3.20. The number of halogens is 3. The van der Waals surface area contributed by atoms with Crippen molar-refractivity contribution in [3.8, 4) is 5.75 Å². The van der Waals surface area contributed by atoms with E-state index in [1.165, 1.54) is 12.1 Å². The molecule has 1 heterocycles. The summed E-state index contributed by atoms with van der Waals surface area (Å²) in [6, 6.07) is 6.50. The highest BCUT2D eigenvalue weighted by Gasteiger charge is 2.09. The van der Waals surface area contributed by atoms with E-state index in [-0.39, 0.29) is 29.7 Å². The number of alkyl halides is 2. The van der Waals surface area contributed by atoms with Gasteiger partial charge in [-0.05, 0) is 24.6 Å². The number of guanidine groups is 1. The van der Waals surface area contributed by atoms with Crippen molar-refractivity contribution in [3.05, 3.63) is 41.5 Å². The highest BCUT2D eigenvalue weighted by molar-refractivity contribution is 14.0. The number of aromatic nitrogens is 2. The number of aliphatic imine (C=N–C) groups is 1. The lowest BCUT2D eigenvalue weighted by Gasteiger charge is -2.22. The van der Waals surface area contributed by atoms with Crippen LogP contribution in [0.1, 0.15) is 24.2 Å². The molecule has 144 valence electrons. The maximum atomic E-state index is 12.2. The van der Waals surface area contributed by atoms with Crippen molar-refractivity contribution < 1.29 is 18.0 Å². The number of hydrogen-bond acceptors (Lipinski definition) is 5. The molecule has 0 radical (unpaired) electrons. The molecule has 0 saturated heterocycles. The van der Waals surface area contributed by atoms with Gasteiger partial charge in [-0.3, -0.25) is 0 Å². The number of hydrogen-bond donors (Lipinski definition) is 1. The quantitative estimate of drug-likeness (QED) is 0.372. The number of aryl methyl sites for hydroxylation is 1. The van der Waals surface area contributed by atoms with Gasteiger partial charge in [0.25, 0.3) is 0 Å². The maximum Gasteiger partial charge on any atom is 0.387 e. The van der Waals surface area contributed by atoms with Gasteiger partial charge in [0.2, 0.25) is 5.89 Å². The van der Waals surface area contributed by atoms with Gasteiger partial charge in [-0.2, -0.15) is 13.8 Å². The van der Waals surface area contributed by atoms with Crippen LogP contribution in [-0.4, -0.2) is 41.2 Å². The Bertz CT molecular complexity index is 694. The molecule has 1 aromatic carbocycles. The maximum absolute atomic E-state index is 12.2. The Morgan fingerprint density at radius 1 is 1.35 bits per heavy atom. The van der Waals surface area contributed by atoms with Crippen molar-refractivity contribution >= 4 is 29.9 Å². The van der Waals surface area contributed by atoms with Crippen LogP contribution in [0, 0.1) is 6.92 Å². The van der Waals surface area contributed by atoms with E-state index < -0.39 is 6.61 Å². The molecular formula is C16H22F2IN5O2. The van der Waals surface area contributed by atoms with Crippen LogP contribution < -0.4 is 10.1 Å². The molecule has 0 amide bonds. The minimum atomic E-state index is -2.82. The molecule has 0 fully saturated rings. The number of benzene rings is 1. The zero-order valence-corrected chi connectivity index (χ0v) is 17.1. The Labute approximate surface area is 167 Å². The second kappa shape index (κ2) is 10.9. The smallest absolute Gasteiger partial charge is 0.387 e. The lowest BCUT2D eigenvalue weighted by atomic mass is 10.2. The summed E-state index contributed by atoms with van der Waals surface area (Å²) in [7, 11) is 1.88. The molecule has 0 atom stereocenters. The Hall–Kier alpha value is -1.98. The first-order valence-electron chi connectivity index (χ1n) is 7.80. The minimum Gasteiger partial charge on any atom is -0.435 e. The van der Waals surface area contributed by atoms with Crippen molar-refractivity contribution in [2.45, 2.75) is 33.5 Å². The van der Waals surface area contributed by atoms with Crippen molar-refractivity contribution in [3.63, 3.8) is 0 Å². The second-order valence-electron chi connectivity index (χ2n) is 5.28. The van der Waals surface area contributed by atoms with E-state index in [2.05, 4.69) is 25.2 Å². The summed E-state index contributed by atoms with van der Waals surface area (Å²) in [6.07, 6.45) is 0. The van der Waals surface area contributed by atoms with Gasteiger partial charge in [0.05, 0.1) is 0 Å². The summed E-state index contributed by atoms with van der Waals surface area (Å²) in [5.41, 5.74) is 0.935. The van der Waals surface area contributed by atoms with E-state index >= 15 is 0 Å². The predicted octanol–water partition coefficient (Wildman–Crippen LogP) is 3.19. The third-order valence-corrected chi connectivity index (χ3v) is 3.20. The molecular weight excluding hydrogens is 459 g/mol. The van der Waals surface area contributed by atoms with Crippen LogP contribution in [-0.2, 0) is 13.1 Å². The SMILES string of the molecule is CCNC(=NCc1noc(C)n1)N(C)Cc1ccc(OC(F)F)cc1.I. The highest BCUT2D eigenvalue weighted by atomic mass is 127. The summed E-state index contributed by atoms with van der Waals surface area (Å²) in [5.74, 6) is 1.82. The molecule has 0 aliphatic heterocycles. The van der Waals surface area contributed by atoms with Crippen LogP contribution in [0.3, 0.4) is 0 Å². The highest BCUT2D eigenvalue weighted by Crippen LogP contribution is 2.15. The molecule has 0 spiro atoms. The van der Waals surface area contributed by atoms with Gasteiger partial charge in [0.1, 0.15) is 12.3 Å². The number of nitrogens with one attached hydrogen (secondary N) is 1. The van der Waals surface area contributed by atoms with Crippen molar-refractivity contribution in [1.82, 2.24) is 20.4 Å². The first-order valence-corrected chi connectivity index (χ1v) is 7.80. The van der Waals surface area contributed by atoms with E-state index in [0.717, 1.165) is 5.56 Å². The summed E-state index contributed by atoms with van der Waals surface area (Å²) < 4.78 is 33.6. The molecule has 1 N–H and O–H groups in total. The van der Waals surface area contributed by atoms with Gasteiger partial charge in [0, 0.05) is 27.1 Å². The first kappa shape index (κ1) is 22.1. The Balaban J connectivity index is 0.00000338. The first-order chi connectivity index (χ1) is 12.0. The molecule has 0 saturated carbocycles. The number of nitrogens with zero attached hydrogens (tertiary/aromatic N) is 4. The molecule has 26 heavy (non-hydrogen) atoms. The fraction of sp³-hybridized carbons (Fsp3) is 0.438. The van der Waals surface area contributed by atoms with Gasteiger partial charge in [-0.25, -0.2) is 4.99 Å². The number of rotatable bonds is 7. The van der Waals surface area contributed by atoms with Gasteiger partial charge >= 0.3 is 6.61 Å². The van der Waals surface area contributed by atoms with Crippen molar-refractivity contribution in [1.29, 1.82) is 0 Å². The third kappa shape index (κ3) is 7.10. The van der Waals surface area contributed by atoms with Crippen LogP contribution in [0.15, 0.2) is 33.8 Å². The Morgan fingerprint density at radius 2 is 2.04 bits per heavy atom. The molecule has 0 unspecified atom stereocenters. The molecule has 0 aliphatic carbocycles. The van der Waals surface area contributed by atoms with E-state index in [1.54, 1.807) is 19.1 Å². The van der Waals surface area contributed by atoms with Crippen LogP contribution in [0.5, 0.6) is 5.75 Å². The van der Waals surface area contributed by atoms with Gasteiger partial charge in [-0.15, -0.1) is 24.0 Å². The zero-order valence-electron chi connectivity index (χ0n) is 14.8. The fourth-order valence-corrected chi connectivity index (χ4v) is 2.15. The normalized spacial score (nSPS) is 11.2. The van der Waals surface area contributed by atoms with E-state index in [1.807, 2.05) is 18.9 Å². The van der Waals surface area contributed by atoms with E-state index in [9.17, 15) is 8.78 Å². The van der Waals surface area contributed by atoms with Crippen LogP contribution in [0.2, 0.25) is 0 Å². The molecule has 0 bridgehead atoms. The molecule has 2 aromatic rings. The average molecular weight is 481 g/mol. The minimum absolute atomic E-state index is 0. The summed E-state index contributed by atoms with van der Waals surface area (Å²) in [5, 5.41) is 6.99. The van der Waals surface area contributed by atoms with Crippen molar-refractivity contribution in [2.75, 3.05) is 13.6 Å². The second-order valence-corrected chi connectivity index (χ2v) is 5.28. The Morgan fingerprint density at radius 3 is 2.58 bits per heavy atom. The van der Waals surface area contributed by atoms with Crippen LogP contribution >= 0.6 is 24.0 Å². The fourth-order valence-electron chi connectivity index (χ4n) is 2.15. The standard InChI is InChI=1S/C16H21F2N5O2.HI/c1-4-19-16(20-9-14-21-11(2)25-22-14)23(3)10-12-5-7-13(8-6-12)24-15(17)18;/h5-8,15H,4,9-10H2,1-3H3,(H,19,20);1H. The van der Waals surface area contributed by atoms with Crippen LogP contribution in [0.4, 0.5) is 8.78 Å². The molecule has 10 heteroatoms. The largest absolute Gasteiger partial charge is 0.435 e. The van der Waals surface area contributed by atoms with E-state index in [4.69, 9.17) is 4.52 Å². The molecule has 0 aliphatic rings. The molecule has 1 aromatic heterocycles. The van der Waals surface area contributed by atoms with Crippen molar-refractivity contribution in [2.24, 2.45) is 4.99 Å². The lowest BCUT2D eigenvalue weighted by Crippen LogP contribution is -2.38. The summed E-state index contributed by atoms with van der Waals surface area (Å²) in [6.45, 7) is 2.42. The monoisotopic (exact) mass is 481 g/mol. The zero-order chi connectivity index (χ0) is 18.2. The van der Waals surface area contributed by atoms with E-state index in [0.29, 0.717) is 37.3 Å². The summed E-state index contributed by atoms with van der Waals surface area (Å²) >= 11 is 0.